The van der Waals surface area contributed by atoms with Gasteiger partial charge in [0, 0.05) is 17.0 Å². The maximum Gasteiger partial charge on any atom is 0.255 e. The average Bonchev–Trinajstić information content (AvgIpc) is 3.12. The number of benzene rings is 3. The van der Waals surface area contributed by atoms with Crippen molar-refractivity contribution in [3.63, 3.8) is 0 Å². The van der Waals surface area contributed by atoms with E-state index in [1.165, 1.54) is 23.9 Å². The van der Waals surface area contributed by atoms with Crippen LogP contribution in [-0.2, 0) is 5.75 Å². The highest BCUT2D eigenvalue weighted by Crippen LogP contribution is 2.25. The molecule has 0 atom stereocenters. The summed E-state index contributed by atoms with van der Waals surface area (Å²) in [6, 6.07) is 19.6. The first-order valence-corrected chi connectivity index (χ1v) is 9.82. The number of carbonyl (C=O) groups excluding carboxylic acids is 1. The Morgan fingerprint density at radius 2 is 1.89 bits per heavy atom. The smallest absolute Gasteiger partial charge is 0.255 e. The van der Waals surface area contributed by atoms with E-state index in [0.717, 1.165) is 27.3 Å². The fourth-order valence-electron chi connectivity index (χ4n) is 2.93. The van der Waals surface area contributed by atoms with Crippen LogP contribution in [0.1, 0.15) is 21.5 Å². The number of fused-ring (bicyclic) bond motifs is 1. The Morgan fingerprint density at radius 3 is 2.75 bits per heavy atom. The van der Waals surface area contributed by atoms with E-state index in [0.29, 0.717) is 17.0 Å². The van der Waals surface area contributed by atoms with E-state index in [9.17, 15) is 9.18 Å². The van der Waals surface area contributed by atoms with Crippen LogP contribution in [0.3, 0.4) is 0 Å². The summed E-state index contributed by atoms with van der Waals surface area (Å²) in [6.07, 6.45) is 0. The molecule has 0 aliphatic carbocycles. The predicted octanol–water partition coefficient (Wildman–Crippen LogP) is 5.56. The second-order valence-corrected chi connectivity index (χ2v) is 7.38. The quantitative estimate of drug-likeness (QED) is 0.438. The third-order valence-corrected chi connectivity index (χ3v) is 5.36. The van der Waals surface area contributed by atoms with Gasteiger partial charge in [0.25, 0.3) is 5.91 Å². The molecule has 4 aromatic rings. The van der Waals surface area contributed by atoms with Crippen molar-refractivity contribution in [2.45, 2.75) is 17.8 Å². The van der Waals surface area contributed by atoms with Crippen LogP contribution in [0, 0.1) is 12.7 Å². The van der Waals surface area contributed by atoms with Gasteiger partial charge in [0.05, 0.1) is 11.0 Å². The van der Waals surface area contributed by atoms with Gasteiger partial charge in [-0.1, -0.05) is 48.2 Å². The van der Waals surface area contributed by atoms with Crippen molar-refractivity contribution in [1.82, 2.24) is 9.97 Å². The average molecular weight is 391 g/mol. The summed E-state index contributed by atoms with van der Waals surface area (Å²) in [5, 5.41) is 3.62. The lowest BCUT2D eigenvalue weighted by molar-refractivity contribution is 0.102. The van der Waals surface area contributed by atoms with E-state index in [4.69, 9.17) is 0 Å². The first-order valence-electron chi connectivity index (χ1n) is 8.83. The molecule has 4 nitrogen and oxygen atoms in total. The SMILES string of the molecule is Cc1ccc(F)cc1NC(=O)c1ccccc1CSc1nc2ccccc2[nH]1. The van der Waals surface area contributed by atoms with E-state index in [1.54, 1.807) is 12.1 Å². The molecule has 1 amide bonds. The van der Waals surface area contributed by atoms with Crippen molar-refractivity contribution in [3.05, 3.63) is 89.2 Å². The fraction of sp³-hybridized carbons (Fsp3) is 0.0909. The number of rotatable bonds is 5. The van der Waals surface area contributed by atoms with Gasteiger partial charge in [0.15, 0.2) is 5.16 Å². The molecule has 2 N–H and O–H groups in total. The molecule has 1 aromatic heterocycles. The Labute approximate surface area is 166 Å². The van der Waals surface area contributed by atoms with Crippen LogP contribution in [0.5, 0.6) is 0 Å². The monoisotopic (exact) mass is 391 g/mol. The summed E-state index contributed by atoms with van der Waals surface area (Å²) < 4.78 is 13.5. The zero-order valence-corrected chi connectivity index (χ0v) is 16.0. The largest absolute Gasteiger partial charge is 0.333 e. The molecule has 4 rings (SSSR count). The predicted molar refractivity (Wildman–Crippen MR) is 111 cm³/mol. The van der Waals surface area contributed by atoms with Gasteiger partial charge in [0.1, 0.15) is 5.82 Å². The molecule has 28 heavy (non-hydrogen) atoms. The Balaban J connectivity index is 1.52. The lowest BCUT2D eigenvalue weighted by Gasteiger charge is -2.11. The van der Waals surface area contributed by atoms with Crippen LogP contribution in [0.25, 0.3) is 11.0 Å². The van der Waals surface area contributed by atoms with Crippen molar-refractivity contribution >= 4 is 34.4 Å². The molecule has 6 heteroatoms. The first-order chi connectivity index (χ1) is 13.6. The number of nitrogens with one attached hydrogen (secondary N) is 2. The summed E-state index contributed by atoms with van der Waals surface area (Å²) in [6.45, 7) is 1.83. The molecular formula is C22H18FN3OS. The molecule has 140 valence electrons. The lowest BCUT2D eigenvalue weighted by Crippen LogP contribution is -2.15. The Hall–Kier alpha value is -3.12. The number of thioether (sulfide) groups is 1. The van der Waals surface area contributed by atoms with Crippen LogP contribution >= 0.6 is 11.8 Å². The standard InChI is InChI=1S/C22H18FN3OS/c1-14-10-11-16(23)12-20(14)24-21(27)17-7-3-2-6-15(17)13-28-22-25-18-8-4-5-9-19(18)26-22/h2-12H,13H2,1H3,(H,24,27)(H,25,26). The van der Waals surface area contributed by atoms with Gasteiger partial charge in [-0.3, -0.25) is 4.79 Å². The van der Waals surface area contributed by atoms with Crippen molar-refractivity contribution in [1.29, 1.82) is 0 Å². The second kappa shape index (κ2) is 7.86. The topological polar surface area (TPSA) is 57.8 Å². The maximum absolute atomic E-state index is 13.5. The first kappa shape index (κ1) is 18.3. The van der Waals surface area contributed by atoms with Crippen LogP contribution < -0.4 is 5.32 Å². The Bertz CT molecular complexity index is 1120. The number of nitrogens with zero attached hydrogens (tertiary/aromatic N) is 1. The molecule has 1 heterocycles. The van der Waals surface area contributed by atoms with Crippen LogP contribution in [0.15, 0.2) is 71.9 Å². The molecule has 0 spiro atoms. The van der Waals surface area contributed by atoms with Crippen molar-refractivity contribution in [3.8, 4) is 0 Å². The summed E-state index contributed by atoms with van der Waals surface area (Å²) in [5.41, 5.74) is 4.64. The summed E-state index contributed by atoms with van der Waals surface area (Å²) in [7, 11) is 0. The molecule has 0 bridgehead atoms. The van der Waals surface area contributed by atoms with Gasteiger partial charge >= 0.3 is 0 Å². The molecule has 0 unspecified atom stereocenters. The number of halogens is 1. The van der Waals surface area contributed by atoms with E-state index in [1.807, 2.05) is 49.4 Å². The number of carbonyl (C=O) groups is 1. The van der Waals surface area contributed by atoms with Crippen LogP contribution in [-0.4, -0.2) is 15.9 Å². The normalized spacial score (nSPS) is 10.9. The minimum atomic E-state index is -0.380. The number of aromatic nitrogens is 2. The molecule has 3 aromatic carbocycles. The van der Waals surface area contributed by atoms with Gasteiger partial charge in [-0.2, -0.15) is 0 Å². The summed E-state index contributed by atoms with van der Waals surface area (Å²) in [5.74, 6) is -0.0462. The minimum Gasteiger partial charge on any atom is -0.333 e. The highest BCUT2D eigenvalue weighted by Gasteiger charge is 2.14. The molecular weight excluding hydrogens is 373 g/mol. The number of hydrogen-bond acceptors (Lipinski definition) is 3. The van der Waals surface area contributed by atoms with Gasteiger partial charge in [-0.25, -0.2) is 9.37 Å². The van der Waals surface area contributed by atoms with Gasteiger partial charge in [-0.15, -0.1) is 0 Å². The molecule has 0 aliphatic rings. The van der Waals surface area contributed by atoms with Crippen LogP contribution in [0.4, 0.5) is 10.1 Å². The number of amides is 1. The van der Waals surface area contributed by atoms with Gasteiger partial charge in [-0.05, 0) is 48.4 Å². The number of H-pyrrole nitrogens is 1. The number of aryl methyl sites for hydroxylation is 1. The summed E-state index contributed by atoms with van der Waals surface area (Å²) in [4.78, 5) is 20.6. The van der Waals surface area contributed by atoms with E-state index in [-0.39, 0.29) is 11.7 Å². The Morgan fingerprint density at radius 1 is 1.11 bits per heavy atom. The van der Waals surface area contributed by atoms with Crippen molar-refractivity contribution in [2.24, 2.45) is 0 Å². The molecule has 0 radical (unpaired) electrons. The Kier molecular flexibility index (Phi) is 5.12. The highest BCUT2D eigenvalue weighted by atomic mass is 32.2. The number of aromatic amines is 1. The van der Waals surface area contributed by atoms with Crippen LogP contribution in [0.2, 0.25) is 0 Å². The second-order valence-electron chi connectivity index (χ2n) is 6.42. The highest BCUT2D eigenvalue weighted by molar-refractivity contribution is 7.98. The van der Waals surface area contributed by atoms with Gasteiger partial charge in [0.2, 0.25) is 0 Å². The van der Waals surface area contributed by atoms with Crippen molar-refractivity contribution in [2.75, 3.05) is 5.32 Å². The number of imidazole rings is 1. The van der Waals surface area contributed by atoms with E-state index >= 15 is 0 Å². The van der Waals surface area contributed by atoms with Gasteiger partial charge < -0.3 is 10.3 Å². The molecule has 0 saturated heterocycles. The zero-order chi connectivity index (χ0) is 19.5. The van der Waals surface area contributed by atoms with E-state index in [2.05, 4.69) is 15.3 Å². The minimum absolute atomic E-state index is 0.255. The molecule has 0 saturated carbocycles. The number of para-hydroxylation sites is 2. The molecule has 0 aliphatic heterocycles. The maximum atomic E-state index is 13.5. The zero-order valence-electron chi connectivity index (χ0n) is 15.2. The fourth-order valence-corrected chi connectivity index (χ4v) is 3.82. The van der Waals surface area contributed by atoms with Crippen molar-refractivity contribution < 1.29 is 9.18 Å². The third-order valence-electron chi connectivity index (χ3n) is 4.44. The number of anilines is 1. The summed E-state index contributed by atoms with van der Waals surface area (Å²) >= 11 is 1.54. The van der Waals surface area contributed by atoms with E-state index < -0.39 is 0 Å². The number of hydrogen-bond donors (Lipinski definition) is 2. The lowest BCUT2D eigenvalue weighted by atomic mass is 10.1. The molecule has 0 fully saturated rings. The third kappa shape index (κ3) is 3.92.